The summed E-state index contributed by atoms with van der Waals surface area (Å²) in [6, 6.07) is 6.59. The Morgan fingerprint density at radius 3 is 2.50 bits per heavy atom. The predicted molar refractivity (Wildman–Crippen MR) is 81.0 cm³/mol. The number of pyridine rings is 1. The second kappa shape index (κ2) is 6.09. The van der Waals surface area contributed by atoms with E-state index in [2.05, 4.69) is 10.3 Å². The summed E-state index contributed by atoms with van der Waals surface area (Å²) in [6.07, 6.45) is 0. The van der Waals surface area contributed by atoms with Crippen LogP contribution in [0.5, 0.6) is 0 Å². The molecule has 3 aromatic rings. The molecule has 0 aliphatic rings. The molecule has 8 heteroatoms. The van der Waals surface area contributed by atoms with Gasteiger partial charge in [0.05, 0.1) is 16.8 Å². The lowest BCUT2D eigenvalue weighted by Gasteiger charge is -2.09. The molecule has 0 saturated heterocycles. The second-order valence-electron chi connectivity index (χ2n) is 4.84. The first-order valence-electron chi connectivity index (χ1n) is 6.57. The van der Waals surface area contributed by atoms with Crippen molar-refractivity contribution in [3.05, 3.63) is 70.4 Å². The molecule has 1 amide bonds. The van der Waals surface area contributed by atoms with Crippen molar-refractivity contribution in [3.63, 3.8) is 0 Å². The third kappa shape index (κ3) is 2.90. The monoisotopic (exact) mass is 354 g/mol. The van der Waals surface area contributed by atoms with Gasteiger partial charge in [-0.25, -0.2) is 22.5 Å². The van der Waals surface area contributed by atoms with Gasteiger partial charge < -0.3 is 5.32 Å². The lowest BCUT2D eigenvalue weighted by atomic mass is 10.1. The molecule has 0 radical (unpaired) electrons. The van der Waals surface area contributed by atoms with Crippen LogP contribution in [0, 0.1) is 23.3 Å². The molecule has 3 nitrogen and oxygen atoms in total. The molecule has 122 valence electrons. The second-order valence-corrected chi connectivity index (χ2v) is 5.20. The van der Waals surface area contributed by atoms with Gasteiger partial charge in [-0.2, -0.15) is 0 Å². The number of fused-ring (bicyclic) bond motifs is 1. The van der Waals surface area contributed by atoms with Crippen LogP contribution in [0.2, 0.25) is 5.15 Å². The molecule has 0 atom stereocenters. The van der Waals surface area contributed by atoms with E-state index in [-0.39, 0.29) is 16.2 Å². The van der Waals surface area contributed by atoms with E-state index < -0.39 is 34.9 Å². The molecule has 0 spiro atoms. The van der Waals surface area contributed by atoms with Crippen LogP contribution in [0.1, 0.15) is 10.4 Å². The highest BCUT2D eigenvalue weighted by molar-refractivity contribution is 6.33. The number of rotatable bonds is 2. The number of carbonyl (C=O) groups is 1. The standard InChI is InChI=1S/C16H7ClF4N2O/c17-15-9(5-7-1-2-8(18)6-12(7)22-15)16(24)23-11-4-3-10(19)13(20)14(11)21/h1-6H,(H,23,24). The topological polar surface area (TPSA) is 42.0 Å². The van der Waals surface area contributed by atoms with Crippen LogP contribution >= 0.6 is 11.6 Å². The molecule has 0 unspecified atom stereocenters. The Balaban J connectivity index is 1.98. The van der Waals surface area contributed by atoms with Crippen molar-refractivity contribution in [1.29, 1.82) is 0 Å². The van der Waals surface area contributed by atoms with Crippen molar-refractivity contribution in [2.75, 3.05) is 5.32 Å². The Morgan fingerprint density at radius 1 is 1.00 bits per heavy atom. The Kier molecular flexibility index (Phi) is 4.11. The zero-order valence-electron chi connectivity index (χ0n) is 11.7. The van der Waals surface area contributed by atoms with Crippen LogP contribution in [0.25, 0.3) is 10.9 Å². The van der Waals surface area contributed by atoms with Gasteiger partial charge in [0.15, 0.2) is 17.5 Å². The van der Waals surface area contributed by atoms with Crippen molar-refractivity contribution in [3.8, 4) is 0 Å². The maximum atomic E-state index is 13.6. The number of nitrogens with zero attached hydrogens (tertiary/aromatic N) is 1. The first-order chi connectivity index (χ1) is 11.4. The first-order valence-corrected chi connectivity index (χ1v) is 6.95. The van der Waals surface area contributed by atoms with Crippen LogP contribution in [0.15, 0.2) is 36.4 Å². The van der Waals surface area contributed by atoms with E-state index in [0.717, 1.165) is 12.1 Å². The fourth-order valence-electron chi connectivity index (χ4n) is 2.09. The normalized spacial score (nSPS) is 10.9. The average molecular weight is 355 g/mol. The summed E-state index contributed by atoms with van der Waals surface area (Å²) < 4.78 is 52.9. The first kappa shape index (κ1) is 16.2. The van der Waals surface area contributed by atoms with Gasteiger partial charge in [0.25, 0.3) is 5.91 Å². The number of hydrogen-bond acceptors (Lipinski definition) is 2. The van der Waals surface area contributed by atoms with E-state index in [1.165, 1.54) is 18.2 Å². The summed E-state index contributed by atoms with van der Waals surface area (Å²) in [6.45, 7) is 0. The Hall–Kier alpha value is -2.67. The van der Waals surface area contributed by atoms with Crippen LogP contribution < -0.4 is 5.32 Å². The Bertz CT molecular complexity index is 978. The number of hydrogen-bond donors (Lipinski definition) is 1. The summed E-state index contributed by atoms with van der Waals surface area (Å²) in [5, 5.41) is 2.28. The fraction of sp³-hybridized carbons (Fsp3) is 0. The molecular weight excluding hydrogens is 348 g/mol. The summed E-state index contributed by atoms with van der Waals surface area (Å²) in [5.74, 6) is -6.00. The van der Waals surface area contributed by atoms with Crippen molar-refractivity contribution in [2.24, 2.45) is 0 Å². The number of halogens is 5. The highest BCUT2D eigenvalue weighted by Gasteiger charge is 2.18. The number of nitrogens with one attached hydrogen (secondary N) is 1. The van der Waals surface area contributed by atoms with E-state index in [4.69, 9.17) is 11.6 Å². The summed E-state index contributed by atoms with van der Waals surface area (Å²) in [7, 11) is 0. The van der Waals surface area contributed by atoms with Crippen LogP contribution in [0.3, 0.4) is 0 Å². The number of benzene rings is 2. The molecule has 2 aromatic carbocycles. The van der Waals surface area contributed by atoms with Gasteiger partial charge >= 0.3 is 0 Å². The minimum absolute atomic E-state index is 0.125. The lowest BCUT2D eigenvalue weighted by molar-refractivity contribution is 0.102. The van der Waals surface area contributed by atoms with Gasteiger partial charge in [-0.15, -0.1) is 0 Å². The van der Waals surface area contributed by atoms with Gasteiger partial charge in [-0.05, 0) is 30.3 Å². The zero-order valence-corrected chi connectivity index (χ0v) is 12.5. The minimum Gasteiger partial charge on any atom is -0.319 e. The molecule has 1 heterocycles. The van der Waals surface area contributed by atoms with Crippen LogP contribution in [0.4, 0.5) is 23.2 Å². The Morgan fingerprint density at radius 2 is 1.75 bits per heavy atom. The van der Waals surface area contributed by atoms with Gasteiger partial charge in [-0.3, -0.25) is 4.79 Å². The smallest absolute Gasteiger partial charge is 0.258 e. The number of amides is 1. The summed E-state index contributed by atoms with van der Waals surface area (Å²) in [4.78, 5) is 16.1. The number of carbonyl (C=O) groups excluding carboxylic acids is 1. The minimum atomic E-state index is -1.70. The molecule has 0 saturated carbocycles. The highest BCUT2D eigenvalue weighted by atomic mass is 35.5. The summed E-state index contributed by atoms with van der Waals surface area (Å²) in [5.41, 5.74) is -0.440. The molecule has 24 heavy (non-hydrogen) atoms. The van der Waals surface area contributed by atoms with E-state index >= 15 is 0 Å². The van der Waals surface area contributed by atoms with Crippen molar-refractivity contribution < 1.29 is 22.4 Å². The SMILES string of the molecule is O=C(Nc1ccc(F)c(F)c1F)c1cc2ccc(F)cc2nc1Cl. The van der Waals surface area contributed by atoms with Gasteiger partial charge in [0.1, 0.15) is 11.0 Å². The largest absolute Gasteiger partial charge is 0.319 e. The molecule has 1 aromatic heterocycles. The molecule has 0 bridgehead atoms. The Labute approximate surface area is 137 Å². The van der Waals surface area contributed by atoms with Crippen LogP contribution in [-0.4, -0.2) is 10.9 Å². The van der Waals surface area contributed by atoms with E-state index in [1.807, 2.05) is 0 Å². The van der Waals surface area contributed by atoms with Gasteiger partial charge in [-0.1, -0.05) is 11.6 Å². The highest BCUT2D eigenvalue weighted by Crippen LogP contribution is 2.24. The van der Waals surface area contributed by atoms with Crippen molar-refractivity contribution >= 4 is 34.1 Å². The molecule has 1 N–H and O–H groups in total. The molecule has 3 rings (SSSR count). The maximum Gasteiger partial charge on any atom is 0.258 e. The third-order valence-corrected chi connectivity index (χ3v) is 3.55. The third-order valence-electron chi connectivity index (χ3n) is 3.26. The van der Waals surface area contributed by atoms with Gasteiger partial charge in [0.2, 0.25) is 0 Å². The summed E-state index contributed by atoms with van der Waals surface area (Å²) >= 11 is 5.89. The van der Waals surface area contributed by atoms with Crippen LogP contribution in [-0.2, 0) is 0 Å². The lowest BCUT2D eigenvalue weighted by Crippen LogP contribution is -2.15. The molecule has 0 aliphatic carbocycles. The fourth-order valence-corrected chi connectivity index (χ4v) is 2.32. The predicted octanol–water partition coefficient (Wildman–Crippen LogP) is 4.70. The molecule has 0 aliphatic heterocycles. The van der Waals surface area contributed by atoms with Crippen molar-refractivity contribution in [1.82, 2.24) is 4.98 Å². The van der Waals surface area contributed by atoms with E-state index in [1.54, 1.807) is 0 Å². The number of aromatic nitrogens is 1. The van der Waals surface area contributed by atoms with Crippen molar-refractivity contribution in [2.45, 2.75) is 0 Å². The van der Waals surface area contributed by atoms with E-state index in [0.29, 0.717) is 11.5 Å². The zero-order chi connectivity index (χ0) is 17.4. The van der Waals surface area contributed by atoms with Gasteiger partial charge in [0, 0.05) is 11.5 Å². The maximum absolute atomic E-state index is 13.6. The van der Waals surface area contributed by atoms with E-state index in [9.17, 15) is 22.4 Å². The average Bonchev–Trinajstić information content (AvgIpc) is 2.54. The number of anilines is 1. The molecular formula is C16H7ClF4N2O. The quantitative estimate of drug-likeness (QED) is 0.412. The molecule has 0 fully saturated rings.